The van der Waals surface area contributed by atoms with Gasteiger partial charge in [0.1, 0.15) is 5.78 Å². The Morgan fingerprint density at radius 2 is 1.85 bits per heavy atom. The van der Waals surface area contributed by atoms with Crippen LogP contribution in [0, 0.1) is 5.92 Å². The highest BCUT2D eigenvalue weighted by atomic mass is 16.5. The molecule has 0 rings (SSSR count). The molecule has 0 heterocycles. The van der Waals surface area contributed by atoms with Crippen LogP contribution in [0.5, 0.6) is 0 Å². The van der Waals surface area contributed by atoms with Gasteiger partial charge in [-0.05, 0) is 19.8 Å². The van der Waals surface area contributed by atoms with Crippen molar-refractivity contribution in [3.63, 3.8) is 0 Å². The number of Topliss-reactive ketones (excluding diaryl/α,β-unsaturated/α-hetero) is 1. The van der Waals surface area contributed by atoms with Gasteiger partial charge in [0, 0.05) is 13.5 Å². The molecule has 0 amide bonds. The van der Waals surface area contributed by atoms with E-state index in [1.807, 2.05) is 13.8 Å². The van der Waals surface area contributed by atoms with Crippen LogP contribution < -0.4 is 0 Å². The van der Waals surface area contributed by atoms with Crippen LogP contribution in [0.4, 0.5) is 0 Å². The van der Waals surface area contributed by atoms with Crippen LogP contribution in [0.1, 0.15) is 34.1 Å². The highest BCUT2D eigenvalue weighted by Crippen LogP contribution is 1.97. The Morgan fingerprint density at radius 1 is 1.38 bits per heavy atom. The molecule has 0 saturated heterocycles. The van der Waals surface area contributed by atoms with E-state index < -0.39 is 0 Å². The molecule has 13 heavy (non-hydrogen) atoms. The lowest BCUT2D eigenvalue weighted by molar-refractivity contribution is -0.117. The van der Waals surface area contributed by atoms with Crippen LogP contribution in [0.25, 0.3) is 0 Å². The minimum absolute atomic E-state index is 0.287. The summed E-state index contributed by atoms with van der Waals surface area (Å²) < 4.78 is 4.55. The molecule has 80 valence electrons. The first kappa shape index (κ1) is 15.1. The van der Waals surface area contributed by atoms with E-state index in [1.54, 1.807) is 21.0 Å². The highest BCUT2D eigenvalue weighted by molar-refractivity contribution is 5.75. The van der Waals surface area contributed by atoms with Crippen LogP contribution >= 0.6 is 0 Å². The number of carbonyl (C=O) groups is 1. The van der Waals surface area contributed by atoms with Crippen molar-refractivity contribution >= 4 is 5.78 Å². The summed E-state index contributed by atoms with van der Waals surface area (Å²) >= 11 is 0. The summed E-state index contributed by atoms with van der Waals surface area (Å²) in [7, 11) is 1.56. The lowest BCUT2D eigenvalue weighted by Crippen LogP contribution is -2.07. The van der Waals surface area contributed by atoms with E-state index in [2.05, 4.69) is 4.74 Å². The quantitative estimate of drug-likeness (QED) is 0.733. The summed E-state index contributed by atoms with van der Waals surface area (Å²) in [6.45, 7) is 7.83. The maximum absolute atomic E-state index is 10.3. The van der Waals surface area contributed by atoms with E-state index >= 15 is 0 Å². The maximum atomic E-state index is 10.3. The van der Waals surface area contributed by atoms with Gasteiger partial charge in [-0.15, -0.1) is 0 Å². The zero-order chi connectivity index (χ0) is 10.9. The summed E-state index contributed by atoms with van der Waals surface area (Å²) in [5, 5.41) is 8.43. The number of hydrogen-bond donors (Lipinski definition) is 1. The molecule has 0 saturated carbocycles. The molecule has 3 nitrogen and oxygen atoms in total. The molecule has 0 aliphatic rings. The van der Waals surface area contributed by atoms with Crippen molar-refractivity contribution in [1.82, 2.24) is 0 Å². The van der Waals surface area contributed by atoms with Gasteiger partial charge in [0.2, 0.25) is 0 Å². The first-order valence-corrected chi connectivity index (χ1v) is 4.56. The molecule has 0 spiro atoms. The summed E-state index contributed by atoms with van der Waals surface area (Å²) in [4.78, 5) is 10.3. The Bertz CT molecular complexity index is 119. The van der Waals surface area contributed by atoms with Crippen molar-refractivity contribution in [1.29, 1.82) is 0 Å². The SMILES string of the molecule is CC(=O)CC(C)C.COCC(C)O. The molecule has 1 N–H and O–H groups in total. The van der Waals surface area contributed by atoms with E-state index in [4.69, 9.17) is 5.11 Å². The van der Waals surface area contributed by atoms with Gasteiger partial charge in [0.05, 0.1) is 12.7 Å². The Balaban J connectivity index is 0. The third kappa shape index (κ3) is 24.5. The minimum Gasteiger partial charge on any atom is -0.391 e. The van der Waals surface area contributed by atoms with Gasteiger partial charge in [0.25, 0.3) is 0 Å². The zero-order valence-corrected chi connectivity index (χ0v) is 9.33. The monoisotopic (exact) mass is 190 g/mol. The number of carbonyl (C=O) groups excluding carboxylic acids is 1. The van der Waals surface area contributed by atoms with Gasteiger partial charge < -0.3 is 14.6 Å². The van der Waals surface area contributed by atoms with Crippen molar-refractivity contribution in [3.05, 3.63) is 0 Å². The van der Waals surface area contributed by atoms with Crippen molar-refractivity contribution < 1.29 is 14.6 Å². The van der Waals surface area contributed by atoms with Gasteiger partial charge in [-0.2, -0.15) is 0 Å². The summed E-state index contributed by atoms with van der Waals surface area (Å²) in [6.07, 6.45) is 0.398. The number of aliphatic hydroxyl groups is 1. The summed E-state index contributed by atoms with van der Waals surface area (Å²) in [6, 6.07) is 0. The molecular weight excluding hydrogens is 168 g/mol. The van der Waals surface area contributed by atoms with Crippen molar-refractivity contribution in [2.24, 2.45) is 5.92 Å². The molecule has 0 aliphatic carbocycles. The van der Waals surface area contributed by atoms with Crippen molar-refractivity contribution in [3.8, 4) is 0 Å². The molecular formula is C10H22O3. The summed E-state index contributed by atoms with van der Waals surface area (Å²) in [5.41, 5.74) is 0. The van der Waals surface area contributed by atoms with E-state index in [0.29, 0.717) is 12.5 Å². The molecule has 0 bridgehead atoms. The van der Waals surface area contributed by atoms with Crippen LogP contribution in [0.2, 0.25) is 0 Å². The lowest BCUT2D eigenvalue weighted by atomic mass is 10.1. The van der Waals surface area contributed by atoms with Crippen LogP contribution in [-0.2, 0) is 9.53 Å². The standard InChI is InChI=1S/C6H12O.C4H10O2/c1-5(2)4-6(3)7;1-4(5)3-6-2/h5H,4H2,1-3H3;4-5H,3H2,1-2H3. The number of methoxy groups -OCH3 is 1. The summed E-state index contributed by atoms with van der Waals surface area (Å²) in [5.74, 6) is 0.813. The molecule has 0 aromatic heterocycles. The predicted molar refractivity (Wildman–Crippen MR) is 53.7 cm³/mol. The lowest BCUT2D eigenvalue weighted by Gasteiger charge is -1.97. The first-order valence-electron chi connectivity index (χ1n) is 4.56. The van der Waals surface area contributed by atoms with Gasteiger partial charge in [-0.25, -0.2) is 0 Å². The van der Waals surface area contributed by atoms with E-state index in [1.165, 1.54) is 0 Å². The number of aliphatic hydroxyl groups excluding tert-OH is 1. The second-order valence-corrected chi connectivity index (χ2v) is 3.60. The van der Waals surface area contributed by atoms with Crippen LogP contribution in [-0.4, -0.2) is 30.7 Å². The average Bonchev–Trinajstić information content (AvgIpc) is 1.83. The second kappa shape index (κ2) is 9.68. The zero-order valence-electron chi connectivity index (χ0n) is 9.33. The second-order valence-electron chi connectivity index (χ2n) is 3.60. The largest absolute Gasteiger partial charge is 0.391 e. The fourth-order valence-electron chi connectivity index (χ4n) is 0.816. The van der Waals surface area contributed by atoms with Gasteiger partial charge >= 0.3 is 0 Å². The Hall–Kier alpha value is -0.410. The van der Waals surface area contributed by atoms with Crippen LogP contribution in [0.15, 0.2) is 0 Å². The Labute approximate surface area is 81.1 Å². The molecule has 0 aromatic rings. The fraction of sp³-hybridized carbons (Fsp3) is 0.900. The van der Waals surface area contributed by atoms with E-state index in [-0.39, 0.29) is 11.9 Å². The fourth-order valence-corrected chi connectivity index (χ4v) is 0.816. The highest BCUT2D eigenvalue weighted by Gasteiger charge is 1.95. The molecule has 0 aliphatic heterocycles. The minimum atomic E-state index is -0.324. The van der Waals surface area contributed by atoms with Gasteiger partial charge in [-0.3, -0.25) is 0 Å². The topological polar surface area (TPSA) is 46.5 Å². The molecule has 0 fully saturated rings. The molecule has 1 atom stereocenters. The van der Waals surface area contributed by atoms with Crippen LogP contribution in [0.3, 0.4) is 0 Å². The smallest absolute Gasteiger partial charge is 0.130 e. The molecule has 0 aromatic carbocycles. The third-order valence-electron chi connectivity index (χ3n) is 1.10. The third-order valence-corrected chi connectivity index (χ3v) is 1.10. The number of hydrogen-bond acceptors (Lipinski definition) is 3. The number of rotatable bonds is 4. The molecule has 1 unspecified atom stereocenters. The maximum Gasteiger partial charge on any atom is 0.130 e. The Kier molecular flexibility index (Phi) is 11.2. The van der Waals surface area contributed by atoms with Crippen molar-refractivity contribution in [2.45, 2.75) is 40.2 Å². The molecule has 3 heteroatoms. The molecule has 0 radical (unpaired) electrons. The normalized spacial score (nSPS) is 11.9. The van der Waals surface area contributed by atoms with Gasteiger partial charge in [0.15, 0.2) is 0 Å². The van der Waals surface area contributed by atoms with E-state index in [9.17, 15) is 4.79 Å². The van der Waals surface area contributed by atoms with Gasteiger partial charge in [-0.1, -0.05) is 13.8 Å². The predicted octanol–water partition coefficient (Wildman–Crippen LogP) is 1.64. The Morgan fingerprint density at radius 3 is 1.85 bits per heavy atom. The number of ether oxygens (including phenoxy) is 1. The van der Waals surface area contributed by atoms with E-state index in [0.717, 1.165) is 6.42 Å². The first-order chi connectivity index (χ1) is 5.90. The van der Waals surface area contributed by atoms with Crippen molar-refractivity contribution in [2.75, 3.05) is 13.7 Å². The number of ketones is 1. The average molecular weight is 190 g/mol.